The molecular weight excluding hydrogens is 302 g/mol. The van der Waals surface area contributed by atoms with Crippen molar-refractivity contribution in [2.45, 2.75) is 10.8 Å². The lowest BCUT2D eigenvalue weighted by molar-refractivity contribution is -0.136. The van der Waals surface area contributed by atoms with Crippen LogP contribution in [0.2, 0.25) is 5.02 Å². The van der Waals surface area contributed by atoms with Gasteiger partial charge in [-0.15, -0.1) is 0 Å². The summed E-state index contributed by atoms with van der Waals surface area (Å²) in [5.74, 6) is -0.826. The molecule has 1 N–H and O–H groups in total. The van der Waals surface area contributed by atoms with Gasteiger partial charge in [-0.3, -0.25) is 4.79 Å². The minimum absolute atomic E-state index is 0.0406. The van der Waals surface area contributed by atoms with Crippen molar-refractivity contribution in [1.29, 1.82) is 0 Å². The van der Waals surface area contributed by atoms with Crippen LogP contribution in [0.4, 0.5) is 0 Å². The van der Waals surface area contributed by atoms with E-state index in [1.165, 1.54) is 0 Å². The molecule has 0 unspecified atom stereocenters. The van der Waals surface area contributed by atoms with Gasteiger partial charge in [-0.05, 0) is 23.3 Å². The van der Waals surface area contributed by atoms with Gasteiger partial charge in [0.1, 0.15) is 0 Å². The molecule has 0 spiro atoms. The van der Waals surface area contributed by atoms with Crippen LogP contribution in [0, 0.1) is 0 Å². The Morgan fingerprint density at radius 1 is 1.46 bits per heavy atom. The van der Waals surface area contributed by atoms with Crippen molar-refractivity contribution >= 4 is 40.2 Å². The number of aliphatic carboxylic acids is 1. The normalized spacial score (nSPS) is 10.0. The van der Waals surface area contributed by atoms with Crippen molar-refractivity contribution in [1.82, 2.24) is 0 Å². The summed E-state index contributed by atoms with van der Waals surface area (Å²) in [6.07, 6.45) is 0.0406. The largest absolute Gasteiger partial charge is 0.481 e. The zero-order valence-corrected chi connectivity index (χ0v) is 9.67. The summed E-state index contributed by atoms with van der Waals surface area (Å²) in [6.45, 7) is 0. The molecule has 0 atom stereocenters. The van der Waals surface area contributed by atoms with Crippen LogP contribution >= 0.6 is 34.2 Å². The molecule has 13 heavy (non-hydrogen) atoms. The topological polar surface area (TPSA) is 37.3 Å². The van der Waals surface area contributed by atoms with Crippen molar-refractivity contribution in [2.24, 2.45) is 0 Å². The van der Waals surface area contributed by atoms with Crippen molar-refractivity contribution < 1.29 is 9.90 Å². The molecule has 0 aliphatic rings. The fraction of sp³-hybridized carbons (Fsp3) is 0.222. The number of hydrogen-bond donors (Lipinski definition) is 1. The van der Waals surface area contributed by atoms with E-state index >= 15 is 0 Å². The minimum atomic E-state index is -0.826. The third kappa shape index (κ3) is 3.15. The van der Waals surface area contributed by atoms with Crippen LogP contribution < -0.4 is 0 Å². The molecule has 70 valence electrons. The number of hydrogen-bond acceptors (Lipinski definition) is 1. The second kappa shape index (κ2) is 4.81. The first-order valence-corrected chi connectivity index (χ1v) is 5.59. The van der Waals surface area contributed by atoms with Crippen molar-refractivity contribution in [2.75, 3.05) is 0 Å². The Morgan fingerprint density at radius 3 is 2.69 bits per heavy atom. The third-order valence-corrected chi connectivity index (χ3v) is 2.71. The SMILES string of the molecule is O=C(O)Cc1cc(Cl)ccc1CI. The lowest BCUT2D eigenvalue weighted by Gasteiger charge is -2.04. The average molecular weight is 311 g/mol. The monoisotopic (exact) mass is 310 g/mol. The van der Waals surface area contributed by atoms with Gasteiger partial charge in [-0.2, -0.15) is 0 Å². The van der Waals surface area contributed by atoms with E-state index in [0.29, 0.717) is 5.02 Å². The van der Waals surface area contributed by atoms with E-state index in [1.807, 2.05) is 6.07 Å². The van der Waals surface area contributed by atoms with Crippen LogP contribution in [-0.2, 0) is 15.6 Å². The molecule has 0 aromatic heterocycles. The van der Waals surface area contributed by atoms with E-state index in [1.54, 1.807) is 12.1 Å². The van der Waals surface area contributed by atoms with Crippen LogP contribution in [0.3, 0.4) is 0 Å². The van der Waals surface area contributed by atoms with E-state index in [4.69, 9.17) is 16.7 Å². The lowest BCUT2D eigenvalue weighted by atomic mass is 10.1. The molecule has 2 nitrogen and oxygen atoms in total. The van der Waals surface area contributed by atoms with Gasteiger partial charge in [0.25, 0.3) is 0 Å². The molecule has 0 aliphatic heterocycles. The molecule has 1 aromatic carbocycles. The summed E-state index contributed by atoms with van der Waals surface area (Å²) < 4.78 is 0.803. The Bertz CT molecular complexity index is 325. The molecule has 0 saturated carbocycles. The van der Waals surface area contributed by atoms with E-state index in [0.717, 1.165) is 15.6 Å². The van der Waals surface area contributed by atoms with Gasteiger partial charge in [0.15, 0.2) is 0 Å². The molecule has 0 aliphatic carbocycles. The van der Waals surface area contributed by atoms with Crippen molar-refractivity contribution in [3.8, 4) is 0 Å². The minimum Gasteiger partial charge on any atom is -0.481 e. The molecule has 0 heterocycles. The summed E-state index contributed by atoms with van der Waals surface area (Å²) in [5, 5.41) is 9.22. The quantitative estimate of drug-likeness (QED) is 0.688. The van der Waals surface area contributed by atoms with Gasteiger partial charge in [0.2, 0.25) is 0 Å². The second-order valence-electron chi connectivity index (χ2n) is 2.62. The van der Waals surface area contributed by atoms with Gasteiger partial charge in [0, 0.05) is 9.45 Å². The Balaban J connectivity index is 3.01. The highest BCUT2D eigenvalue weighted by molar-refractivity contribution is 14.1. The Morgan fingerprint density at radius 2 is 2.15 bits per heavy atom. The van der Waals surface area contributed by atoms with E-state index in [2.05, 4.69) is 22.6 Å². The van der Waals surface area contributed by atoms with Gasteiger partial charge in [-0.25, -0.2) is 0 Å². The summed E-state index contributed by atoms with van der Waals surface area (Å²) in [5.41, 5.74) is 1.84. The number of halogens is 2. The van der Waals surface area contributed by atoms with Gasteiger partial charge < -0.3 is 5.11 Å². The zero-order valence-electron chi connectivity index (χ0n) is 6.76. The third-order valence-electron chi connectivity index (χ3n) is 1.65. The number of carboxylic acids is 1. The first-order valence-electron chi connectivity index (χ1n) is 3.68. The predicted molar refractivity (Wildman–Crippen MR) is 60.5 cm³/mol. The molecule has 0 fully saturated rings. The first-order chi connectivity index (χ1) is 6.13. The van der Waals surface area contributed by atoms with Crippen LogP contribution in [0.1, 0.15) is 11.1 Å². The van der Waals surface area contributed by atoms with E-state index in [-0.39, 0.29) is 6.42 Å². The maximum atomic E-state index is 10.5. The van der Waals surface area contributed by atoms with Crippen LogP contribution in [-0.4, -0.2) is 11.1 Å². The molecular formula is C9H8ClIO2. The molecule has 0 amide bonds. The summed E-state index contributed by atoms with van der Waals surface area (Å²) in [6, 6.07) is 5.36. The maximum Gasteiger partial charge on any atom is 0.307 e. The zero-order chi connectivity index (χ0) is 9.84. The standard InChI is InChI=1S/C9H8ClIO2/c10-8-2-1-6(5-11)7(3-8)4-9(12)13/h1-3H,4-5H2,(H,12,13). The Hall–Kier alpha value is -0.290. The first kappa shape index (κ1) is 10.8. The van der Waals surface area contributed by atoms with Gasteiger partial charge in [-0.1, -0.05) is 40.3 Å². The number of carbonyl (C=O) groups is 1. The Kier molecular flexibility index (Phi) is 3.99. The van der Waals surface area contributed by atoms with Crippen molar-refractivity contribution in [3.63, 3.8) is 0 Å². The maximum absolute atomic E-state index is 10.5. The van der Waals surface area contributed by atoms with Crippen LogP contribution in [0.15, 0.2) is 18.2 Å². The van der Waals surface area contributed by atoms with E-state index < -0.39 is 5.97 Å². The predicted octanol–water partition coefficient (Wildman–Crippen LogP) is 2.90. The highest BCUT2D eigenvalue weighted by Crippen LogP contribution is 2.19. The molecule has 0 bridgehead atoms. The van der Waals surface area contributed by atoms with Gasteiger partial charge in [0.05, 0.1) is 6.42 Å². The molecule has 4 heteroatoms. The molecule has 1 aromatic rings. The number of benzene rings is 1. The highest BCUT2D eigenvalue weighted by Gasteiger charge is 2.06. The Labute approximate surface area is 95.0 Å². The number of rotatable bonds is 3. The number of carboxylic acid groups (broad SMARTS) is 1. The van der Waals surface area contributed by atoms with Crippen LogP contribution in [0.5, 0.6) is 0 Å². The average Bonchev–Trinajstić information content (AvgIpc) is 2.03. The van der Waals surface area contributed by atoms with Crippen molar-refractivity contribution in [3.05, 3.63) is 34.3 Å². The smallest absolute Gasteiger partial charge is 0.307 e. The highest BCUT2D eigenvalue weighted by atomic mass is 127. The second-order valence-corrected chi connectivity index (χ2v) is 3.82. The fourth-order valence-corrected chi connectivity index (χ4v) is 1.99. The summed E-state index contributed by atoms with van der Waals surface area (Å²) in [7, 11) is 0. The summed E-state index contributed by atoms with van der Waals surface area (Å²) >= 11 is 7.96. The fourth-order valence-electron chi connectivity index (χ4n) is 1.05. The molecule has 1 rings (SSSR count). The van der Waals surface area contributed by atoms with E-state index in [9.17, 15) is 4.79 Å². The summed E-state index contributed by atoms with van der Waals surface area (Å²) in [4.78, 5) is 10.5. The molecule has 0 radical (unpaired) electrons. The molecule has 0 saturated heterocycles. The van der Waals surface area contributed by atoms with Gasteiger partial charge >= 0.3 is 5.97 Å². The lowest BCUT2D eigenvalue weighted by Crippen LogP contribution is -2.02. The number of alkyl halides is 1. The van der Waals surface area contributed by atoms with Crippen LogP contribution in [0.25, 0.3) is 0 Å².